The molecule has 0 bridgehead atoms. The molecule has 3 rings (SSSR count). The largest absolute Gasteiger partial charge is 0.711 e. The Kier molecular flexibility index (Phi) is 6.62. The lowest BCUT2D eigenvalue weighted by Crippen LogP contribution is -2.40. The van der Waals surface area contributed by atoms with Gasteiger partial charge in [-0.25, -0.2) is 9.12 Å². The molecule has 1 amide bonds. The van der Waals surface area contributed by atoms with Crippen molar-refractivity contribution in [1.82, 2.24) is 4.90 Å². The van der Waals surface area contributed by atoms with Crippen LogP contribution in [0.1, 0.15) is 6.92 Å². The number of ether oxygens (including phenoxy) is 2. The van der Waals surface area contributed by atoms with Crippen LogP contribution in [0, 0.1) is 11.0 Å². The van der Waals surface area contributed by atoms with Gasteiger partial charge in [0.1, 0.15) is 5.75 Å². The molecule has 0 spiro atoms. The highest BCUT2D eigenvalue weighted by Crippen LogP contribution is 2.27. The average molecular weight is 390 g/mol. The molecule has 9 heteroatoms. The Labute approximate surface area is 162 Å². The maximum absolute atomic E-state index is 14.2. The van der Waals surface area contributed by atoms with Crippen molar-refractivity contribution < 1.29 is 23.4 Å². The van der Waals surface area contributed by atoms with Gasteiger partial charge in [-0.15, -0.1) is 0 Å². The number of nitrogens with zero attached hydrogens (tertiary/aromatic N) is 2. The highest BCUT2D eigenvalue weighted by Gasteiger charge is 2.13. The summed E-state index contributed by atoms with van der Waals surface area (Å²) >= 11 is 0. The number of nitrogens with one attached hydrogen (secondary N) is 2. The second-order valence-corrected chi connectivity index (χ2v) is 6.38. The summed E-state index contributed by atoms with van der Waals surface area (Å²) < 4.78 is 25.8. The minimum Gasteiger partial charge on any atom is -0.711 e. The Morgan fingerprint density at radius 3 is 2.82 bits per heavy atom. The first kappa shape index (κ1) is 19.8. The van der Waals surface area contributed by atoms with Crippen LogP contribution in [0.5, 0.6) is 11.5 Å². The first-order chi connectivity index (χ1) is 13.5. The average Bonchev–Trinajstić information content (AvgIpc) is 2.67. The van der Waals surface area contributed by atoms with Crippen LogP contribution in [0.4, 0.5) is 15.9 Å². The van der Waals surface area contributed by atoms with Crippen LogP contribution in [0.25, 0.3) is 0 Å². The van der Waals surface area contributed by atoms with Gasteiger partial charge >= 0.3 is 0 Å². The third-order valence-corrected chi connectivity index (χ3v) is 4.21. The van der Waals surface area contributed by atoms with Gasteiger partial charge in [0, 0.05) is 44.4 Å². The number of halogens is 1. The summed E-state index contributed by atoms with van der Waals surface area (Å²) in [4.78, 5) is 13.3. The van der Waals surface area contributed by atoms with Crippen LogP contribution in [-0.4, -0.2) is 50.2 Å². The first-order valence-corrected chi connectivity index (χ1v) is 9.03. The zero-order valence-electron chi connectivity index (χ0n) is 15.6. The molecule has 2 aromatic rings. The van der Waals surface area contributed by atoms with Crippen molar-refractivity contribution in [2.75, 3.05) is 50.0 Å². The standard InChI is InChI=1S/C19H23FN4O4/c1-14(25)22-15-2-3-18(17(20)12-15)28-16-4-6-24(26)19(13-16)21-5-7-23-8-10-27-11-9-23/h2-4,6,12-13,21H,5,7-11H2,1H3,(H,22,25). The molecular formula is C19H23FN4O4. The van der Waals surface area contributed by atoms with E-state index in [2.05, 4.69) is 15.5 Å². The fourth-order valence-electron chi connectivity index (χ4n) is 2.82. The van der Waals surface area contributed by atoms with Crippen molar-refractivity contribution >= 4 is 17.4 Å². The van der Waals surface area contributed by atoms with E-state index in [1.807, 2.05) is 0 Å². The van der Waals surface area contributed by atoms with E-state index in [9.17, 15) is 14.4 Å². The molecule has 1 aliphatic rings. The summed E-state index contributed by atoms with van der Waals surface area (Å²) in [5.74, 6) is -0.263. The van der Waals surface area contributed by atoms with Gasteiger partial charge in [0.05, 0.1) is 32.0 Å². The highest BCUT2D eigenvalue weighted by atomic mass is 19.1. The third-order valence-electron chi connectivity index (χ3n) is 4.21. The molecule has 1 saturated heterocycles. The summed E-state index contributed by atoms with van der Waals surface area (Å²) in [5, 5.41) is 17.6. The Bertz CT molecular complexity index is 828. The number of morpholine rings is 1. The third kappa shape index (κ3) is 5.54. The molecule has 8 nitrogen and oxygen atoms in total. The van der Waals surface area contributed by atoms with E-state index in [4.69, 9.17) is 9.47 Å². The molecule has 1 fully saturated rings. The maximum atomic E-state index is 14.2. The zero-order valence-corrected chi connectivity index (χ0v) is 15.6. The molecule has 0 aliphatic carbocycles. The highest BCUT2D eigenvalue weighted by molar-refractivity contribution is 5.88. The summed E-state index contributed by atoms with van der Waals surface area (Å²) in [6.45, 7) is 5.90. The molecule has 28 heavy (non-hydrogen) atoms. The molecule has 0 atom stereocenters. The number of anilines is 2. The predicted octanol–water partition coefficient (Wildman–Crippen LogP) is 1.95. The van der Waals surface area contributed by atoms with E-state index < -0.39 is 5.82 Å². The van der Waals surface area contributed by atoms with Gasteiger partial charge < -0.3 is 20.0 Å². The summed E-state index contributed by atoms with van der Waals surface area (Å²) in [6, 6.07) is 7.12. The van der Waals surface area contributed by atoms with Crippen molar-refractivity contribution in [3.63, 3.8) is 0 Å². The number of rotatable bonds is 7. The van der Waals surface area contributed by atoms with Crippen LogP contribution in [0.2, 0.25) is 0 Å². The quantitative estimate of drug-likeness (QED) is 0.555. The maximum Gasteiger partial charge on any atom is 0.281 e. The Morgan fingerprint density at radius 1 is 1.32 bits per heavy atom. The van der Waals surface area contributed by atoms with Gasteiger partial charge in [-0.05, 0) is 12.1 Å². The normalized spacial score (nSPS) is 14.5. The summed E-state index contributed by atoms with van der Waals surface area (Å²) in [6.07, 6.45) is 1.30. The van der Waals surface area contributed by atoms with Crippen LogP contribution < -0.4 is 20.1 Å². The van der Waals surface area contributed by atoms with Gasteiger partial charge in [0.15, 0.2) is 11.6 Å². The van der Waals surface area contributed by atoms with Gasteiger partial charge in [0.2, 0.25) is 5.91 Å². The van der Waals surface area contributed by atoms with Crippen molar-refractivity contribution in [2.24, 2.45) is 0 Å². The van der Waals surface area contributed by atoms with E-state index in [1.54, 1.807) is 0 Å². The van der Waals surface area contributed by atoms with Crippen LogP contribution in [-0.2, 0) is 9.53 Å². The Hall–Kier alpha value is -2.91. The van der Waals surface area contributed by atoms with Crippen molar-refractivity contribution in [2.45, 2.75) is 6.92 Å². The zero-order chi connectivity index (χ0) is 19.9. The predicted molar refractivity (Wildman–Crippen MR) is 102 cm³/mol. The van der Waals surface area contributed by atoms with Crippen molar-refractivity contribution in [3.05, 3.63) is 47.6 Å². The molecule has 1 aromatic carbocycles. The lowest BCUT2D eigenvalue weighted by Gasteiger charge is -2.25. The second kappa shape index (κ2) is 9.34. The molecule has 2 heterocycles. The van der Waals surface area contributed by atoms with Gasteiger partial charge in [-0.3, -0.25) is 15.0 Å². The van der Waals surface area contributed by atoms with E-state index in [-0.39, 0.29) is 11.7 Å². The van der Waals surface area contributed by atoms with Gasteiger partial charge in [0.25, 0.3) is 5.82 Å². The van der Waals surface area contributed by atoms with Gasteiger partial charge in [-0.1, -0.05) is 0 Å². The van der Waals surface area contributed by atoms with Crippen LogP contribution >= 0.6 is 0 Å². The van der Waals surface area contributed by atoms with E-state index in [1.165, 1.54) is 43.5 Å². The van der Waals surface area contributed by atoms with E-state index in [0.717, 1.165) is 32.8 Å². The number of pyridine rings is 1. The fourth-order valence-corrected chi connectivity index (χ4v) is 2.82. The number of amides is 1. The smallest absolute Gasteiger partial charge is 0.281 e. The fraction of sp³-hybridized carbons (Fsp3) is 0.368. The minimum absolute atomic E-state index is 0.00276. The number of carbonyl (C=O) groups excluding carboxylic acids is 1. The molecule has 150 valence electrons. The molecule has 1 aliphatic heterocycles. The molecule has 1 aromatic heterocycles. The lowest BCUT2D eigenvalue weighted by molar-refractivity contribution is -0.590. The van der Waals surface area contributed by atoms with Crippen molar-refractivity contribution in [3.8, 4) is 11.5 Å². The topological polar surface area (TPSA) is 89.8 Å². The SMILES string of the molecule is CC(=O)Nc1ccc(Oc2cc[n+]([O-])c(NCCN3CCOCC3)c2)c(F)c1. The number of benzene rings is 1. The molecule has 0 radical (unpaired) electrons. The van der Waals surface area contributed by atoms with Crippen LogP contribution in [0.3, 0.4) is 0 Å². The van der Waals surface area contributed by atoms with E-state index in [0.29, 0.717) is 28.5 Å². The number of carbonyl (C=O) groups is 1. The summed E-state index contributed by atoms with van der Waals surface area (Å²) in [7, 11) is 0. The number of hydrogen-bond donors (Lipinski definition) is 2. The molecule has 0 unspecified atom stereocenters. The molecule has 0 saturated carbocycles. The minimum atomic E-state index is -0.619. The number of aromatic nitrogens is 1. The lowest BCUT2D eigenvalue weighted by atomic mass is 10.3. The Balaban J connectivity index is 1.61. The van der Waals surface area contributed by atoms with Gasteiger partial charge in [-0.2, -0.15) is 0 Å². The van der Waals surface area contributed by atoms with Crippen molar-refractivity contribution in [1.29, 1.82) is 0 Å². The summed E-state index contributed by atoms with van der Waals surface area (Å²) in [5.41, 5.74) is 0.341. The number of hydrogen-bond acceptors (Lipinski definition) is 6. The monoisotopic (exact) mass is 390 g/mol. The van der Waals surface area contributed by atoms with E-state index >= 15 is 0 Å². The molecule has 2 N–H and O–H groups in total. The first-order valence-electron chi connectivity index (χ1n) is 9.03. The van der Waals surface area contributed by atoms with Crippen LogP contribution in [0.15, 0.2) is 36.5 Å². The second-order valence-electron chi connectivity index (χ2n) is 6.38. The molecular weight excluding hydrogens is 367 g/mol. The Morgan fingerprint density at radius 2 is 2.11 bits per heavy atom.